The average Bonchev–Trinajstić information content (AvgIpc) is 3.27. The zero-order chi connectivity index (χ0) is 24.5. The molecule has 0 saturated carbocycles. The van der Waals surface area contributed by atoms with Crippen molar-refractivity contribution in [2.24, 2.45) is 0 Å². The summed E-state index contributed by atoms with van der Waals surface area (Å²) in [4.78, 5) is 29.0. The van der Waals surface area contributed by atoms with E-state index in [1.165, 1.54) is 11.5 Å². The molecule has 2 N–H and O–H groups in total. The number of fused-ring (bicyclic) bond motifs is 1. The first kappa shape index (κ1) is 24.8. The normalized spacial score (nSPS) is 15.5. The number of nitrogens with one attached hydrogen (secondary N) is 2. The summed E-state index contributed by atoms with van der Waals surface area (Å²) in [6.07, 6.45) is 2.76. The predicted octanol–water partition coefficient (Wildman–Crippen LogP) is 3.46. The molecule has 1 aliphatic rings. The second kappa shape index (κ2) is 12.4. The van der Waals surface area contributed by atoms with E-state index >= 15 is 0 Å². The summed E-state index contributed by atoms with van der Waals surface area (Å²) >= 11 is 1.28. The highest BCUT2D eigenvalue weighted by Gasteiger charge is 2.21. The van der Waals surface area contributed by atoms with E-state index in [2.05, 4.69) is 25.1 Å². The molecule has 0 aliphatic carbocycles. The number of aromatic nitrogens is 2. The van der Waals surface area contributed by atoms with Crippen LogP contribution in [0, 0.1) is 6.92 Å². The summed E-state index contributed by atoms with van der Waals surface area (Å²) in [6, 6.07) is 15.6. The van der Waals surface area contributed by atoms with Gasteiger partial charge in [-0.3, -0.25) is 14.5 Å². The minimum Gasteiger partial charge on any atom is -0.493 e. The zero-order valence-electron chi connectivity index (χ0n) is 20.0. The Morgan fingerprint density at radius 1 is 1.11 bits per heavy atom. The monoisotopic (exact) mass is 493 g/mol. The van der Waals surface area contributed by atoms with Crippen molar-refractivity contribution in [3.63, 3.8) is 0 Å². The maximum absolute atomic E-state index is 13.3. The molecule has 2 heterocycles. The topological polar surface area (TPSA) is 96.5 Å². The van der Waals surface area contributed by atoms with Crippen molar-refractivity contribution in [2.45, 2.75) is 45.8 Å². The first-order valence-corrected chi connectivity index (χ1v) is 12.7. The van der Waals surface area contributed by atoms with Gasteiger partial charge in [0.1, 0.15) is 5.75 Å². The van der Waals surface area contributed by atoms with Crippen LogP contribution in [0.2, 0.25) is 0 Å². The fraction of sp³-hybridized carbons (Fsp3) is 0.385. The van der Waals surface area contributed by atoms with Crippen LogP contribution in [0.1, 0.15) is 51.3 Å². The molecule has 35 heavy (non-hydrogen) atoms. The smallest absolute Gasteiger partial charge is 0.252 e. The molecule has 1 aliphatic heterocycles. The summed E-state index contributed by atoms with van der Waals surface area (Å²) in [5.41, 5.74) is 3.25. The number of aryl methyl sites for hydroxylation is 1. The fourth-order valence-electron chi connectivity index (χ4n) is 4.05. The fourth-order valence-corrected chi connectivity index (χ4v) is 4.62. The molecule has 1 aromatic heterocycles. The van der Waals surface area contributed by atoms with E-state index < -0.39 is 0 Å². The van der Waals surface area contributed by atoms with Gasteiger partial charge in [0, 0.05) is 30.8 Å². The lowest BCUT2D eigenvalue weighted by Gasteiger charge is -2.24. The van der Waals surface area contributed by atoms with Crippen molar-refractivity contribution < 1.29 is 14.3 Å². The third kappa shape index (κ3) is 7.10. The van der Waals surface area contributed by atoms with E-state index in [4.69, 9.17) is 4.74 Å². The number of benzene rings is 2. The van der Waals surface area contributed by atoms with Crippen LogP contribution < -0.4 is 15.4 Å². The maximum atomic E-state index is 13.3. The van der Waals surface area contributed by atoms with Gasteiger partial charge in [0.25, 0.3) is 5.91 Å². The number of carbonyl (C=O) groups excluding carboxylic acids is 2. The molecule has 0 atom stereocenters. The Hall–Kier alpha value is -3.30. The van der Waals surface area contributed by atoms with Gasteiger partial charge in [-0.2, -0.15) is 0 Å². The van der Waals surface area contributed by atoms with E-state index in [0.717, 1.165) is 41.0 Å². The second-order valence-corrected chi connectivity index (χ2v) is 9.47. The highest BCUT2D eigenvalue weighted by molar-refractivity contribution is 7.05. The van der Waals surface area contributed by atoms with E-state index in [1.807, 2.05) is 55.5 Å². The molecule has 3 aromatic rings. The van der Waals surface area contributed by atoms with Gasteiger partial charge >= 0.3 is 0 Å². The van der Waals surface area contributed by atoms with Crippen LogP contribution >= 0.6 is 11.5 Å². The number of carbonyl (C=O) groups is 2. The Balaban J connectivity index is 1.62. The van der Waals surface area contributed by atoms with Gasteiger partial charge in [-0.1, -0.05) is 40.9 Å². The lowest BCUT2D eigenvalue weighted by molar-refractivity contribution is -0.122. The van der Waals surface area contributed by atoms with Crippen molar-refractivity contribution >= 4 is 23.3 Å². The Kier molecular flexibility index (Phi) is 8.80. The molecule has 2 amide bonds. The Morgan fingerprint density at radius 3 is 2.77 bits per heavy atom. The number of nitrogens with zero attached hydrogens (tertiary/aromatic N) is 3. The SMILES string of the molecule is Cc1nnsc1CNC(=O)c1cccc2c1CN(Cc1ccccc1)CC(=O)NCCCCCO2. The zero-order valence-corrected chi connectivity index (χ0v) is 20.8. The van der Waals surface area contributed by atoms with Crippen LogP contribution in [-0.2, 0) is 24.4 Å². The minimum absolute atomic E-state index is 0.0160. The maximum Gasteiger partial charge on any atom is 0.252 e. The summed E-state index contributed by atoms with van der Waals surface area (Å²) < 4.78 is 10.1. The molecule has 9 heteroatoms. The van der Waals surface area contributed by atoms with Crippen LogP contribution in [0.3, 0.4) is 0 Å². The highest BCUT2D eigenvalue weighted by atomic mass is 32.1. The molecule has 8 nitrogen and oxygen atoms in total. The van der Waals surface area contributed by atoms with Crippen molar-refractivity contribution in [1.29, 1.82) is 0 Å². The van der Waals surface area contributed by atoms with Gasteiger partial charge in [-0.15, -0.1) is 5.10 Å². The van der Waals surface area contributed by atoms with Crippen molar-refractivity contribution in [3.05, 3.63) is 75.8 Å². The predicted molar refractivity (Wildman–Crippen MR) is 135 cm³/mol. The van der Waals surface area contributed by atoms with Gasteiger partial charge in [-0.25, -0.2) is 0 Å². The molecule has 0 fully saturated rings. The van der Waals surface area contributed by atoms with Crippen molar-refractivity contribution in [1.82, 2.24) is 25.1 Å². The molecule has 0 saturated heterocycles. The summed E-state index contributed by atoms with van der Waals surface area (Å²) in [5, 5.41) is 10.0. The largest absolute Gasteiger partial charge is 0.493 e. The van der Waals surface area contributed by atoms with Gasteiger partial charge in [-0.05, 0) is 55.4 Å². The van der Waals surface area contributed by atoms with Gasteiger partial charge in [0.2, 0.25) is 5.91 Å². The van der Waals surface area contributed by atoms with Gasteiger partial charge in [0.05, 0.1) is 30.3 Å². The summed E-state index contributed by atoms with van der Waals surface area (Å²) in [7, 11) is 0. The molecule has 184 valence electrons. The van der Waals surface area contributed by atoms with E-state index in [-0.39, 0.29) is 18.4 Å². The Labute approximate surface area is 209 Å². The number of hydrogen-bond acceptors (Lipinski definition) is 7. The minimum atomic E-state index is -0.188. The molecule has 0 radical (unpaired) electrons. The van der Waals surface area contributed by atoms with Crippen LogP contribution in [0.25, 0.3) is 0 Å². The lowest BCUT2D eigenvalue weighted by atomic mass is 10.0. The average molecular weight is 494 g/mol. The van der Waals surface area contributed by atoms with Gasteiger partial charge in [0.15, 0.2) is 0 Å². The van der Waals surface area contributed by atoms with Crippen LogP contribution in [0.4, 0.5) is 0 Å². The van der Waals surface area contributed by atoms with Crippen molar-refractivity contribution in [2.75, 3.05) is 19.7 Å². The summed E-state index contributed by atoms with van der Waals surface area (Å²) in [6.45, 7) is 4.68. The number of rotatable bonds is 5. The van der Waals surface area contributed by atoms with Gasteiger partial charge < -0.3 is 15.4 Å². The molecule has 4 rings (SSSR count). The Morgan fingerprint density at radius 2 is 1.97 bits per heavy atom. The molecular weight excluding hydrogens is 462 g/mol. The molecule has 2 aromatic carbocycles. The van der Waals surface area contributed by atoms with E-state index in [0.29, 0.717) is 44.1 Å². The Bertz CT molecular complexity index is 1140. The molecule has 0 unspecified atom stereocenters. The molecule has 0 spiro atoms. The third-order valence-electron chi connectivity index (χ3n) is 5.93. The number of hydrogen-bond donors (Lipinski definition) is 2. The number of amides is 2. The standard InChI is InChI=1S/C26H31N5O3S/c1-19-24(35-30-29-19)15-28-26(33)21-11-8-12-23-22(21)17-31(16-20-9-4-2-5-10-20)18-25(32)27-13-6-3-7-14-34-23/h2,4-5,8-12H,3,6-7,13-18H2,1H3,(H,27,32)(H,28,33). The van der Waals surface area contributed by atoms with Crippen LogP contribution in [0.15, 0.2) is 48.5 Å². The first-order chi connectivity index (χ1) is 17.1. The quantitative estimate of drug-likeness (QED) is 0.565. The summed E-state index contributed by atoms with van der Waals surface area (Å²) in [5.74, 6) is 0.482. The van der Waals surface area contributed by atoms with Crippen LogP contribution in [0.5, 0.6) is 5.75 Å². The molecular formula is C26H31N5O3S. The molecule has 0 bridgehead atoms. The first-order valence-electron chi connectivity index (χ1n) is 11.9. The lowest BCUT2D eigenvalue weighted by Crippen LogP contribution is -2.37. The number of ether oxygens (including phenoxy) is 1. The third-order valence-corrected chi connectivity index (χ3v) is 6.75. The van der Waals surface area contributed by atoms with Crippen LogP contribution in [-0.4, -0.2) is 46.0 Å². The highest BCUT2D eigenvalue weighted by Crippen LogP contribution is 2.26. The van der Waals surface area contributed by atoms with Crippen molar-refractivity contribution in [3.8, 4) is 5.75 Å². The van der Waals surface area contributed by atoms with E-state index in [1.54, 1.807) is 0 Å². The second-order valence-electron chi connectivity index (χ2n) is 8.64. The van der Waals surface area contributed by atoms with E-state index in [9.17, 15) is 9.59 Å².